The van der Waals surface area contributed by atoms with E-state index in [1.54, 1.807) is 6.92 Å². The lowest BCUT2D eigenvalue weighted by Crippen LogP contribution is -2.06. The molecule has 126 valence electrons. The number of aromatic carboxylic acids is 1. The molecule has 0 atom stereocenters. The largest absolute Gasteiger partial charge is 0.507 e. The lowest BCUT2D eigenvalue weighted by Gasteiger charge is -2.15. The highest BCUT2D eigenvalue weighted by Crippen LogP contribution is 2.37. The van der Waals surface area contributed by atoms with Crippen LogP contribution in [0.3, 0.4) is 0 Å². The fourth-order valence-electron chi connectivity index (χ4n) is 2.51. The standard InChI is InChI=1S/C19H26O4/c1-11(2)7-6-8-12(3)9-10-15-13(4)17(20)14(5)18(21)16(15)19(22)23/h7,9,20-21H,6,8,10H2,1-5H3,(H,22,23). The van der Waals surface area contributed by atoms with Gasteiger partial charge in [-0.25, -0.2) is 4.79 Å². The second kappa shape index (κ2) is 7.86. The van der Waals surface area contributed by atoms with E-state index in [-0.39, 0.29) is 22.6 Å². The number of hydrogen-bond donors (Lipinski definition) is 3. The first-order valence-electron chi connectivity index (χ1n) is 7.73. The summed E-state index contributed by atoms with van der Waals surface area (Å²) in [5.74, 6) is -1.58. The molecule has 1 rings (SSSR count). The Morgan fingerprint density at radius 1 is 1.00 bits per heavy atom. The third-order valence-corrected chi connectivity index (χ3v) is 4.02. The monoisotopic (exact) mass is 318 g/mol. The molecule has 0 saturated heterocycles. The molecule has 0 amide bonds. The maximum Gasteiger partial charge on any atom is 0.339 e. The molecule has 0 spiro atoms. The van der Waals surface area contributed by atoms with Crippen LogP contribution >= 0.6 is 0 Å². The minimum atomic E-state index is -1.18. The topological polar surface area (TPSA) is 77.8 Å². The van der Waals surface area contributed by atoms with Crippen LogP contribution in [0.25, 0.3) is 0 Å². The minimum Gasteiger partial charge on any atom is -0.507 e. The van der Waals surface area contributed by atoms with Crippen molar-refractivity contribution in [3.8, 4) is 11.5 Å². The van der Waals surface area contributed by atoms with Crippen molar-refractivity contribution in [1.82, 2.24) is 0 Å². The number of rotatable bonds is 6. The maximum atomic E-state index is 11.5. The molecule has 0 fully saturated rings. The first-order valence-corrected chi connectivity index (χ1v) is 7.73. The summed E-state index contributed by atoms with van der Waals surface area (Å²) in [6, 6.07) is 0. The van der Waals surface area contributed by atoms with Crippen LogP contribution in [0, 0.1) is 13.8 Å². The van der Waals surface area contributed by atoms with Gasteiger partial charge in [0, 0.05) is 5.56 Å². The summed E-state index contributed by atoms with van der Waals surface area (Å²) in [4.78, 5) is 11.5. The fourth-order valence-corrected chi connectivity index (χ4v) is 2.51. The average Bonchev–Trinajstić information content (AvgIpc) is 2.46. The highest BCUT2D eigenvalue weighted by atomic mass is 16.4. The van der Waals surface area contributed by atoms with Crippen LogP contribution in [0.1, 0.15) is 60.7 Å². The third-order valence-electron chi connectivity index (χ3n) is 4.02. The van der Waals surface area contributed by atoms with Crippen molar-refractivity contribution < 1.29 is 20.1 Å². The van der Waals surface area contributed by atoms with Crippen molar-refractivity contribution in [3.63, 3.8) is 0 Å². The van der Waals surface area contributed by atoms with Gasteiger partial charge in [0.1, 0.15) is 17.1 Å². The number of carboxylic acid groups (broad SMARTS) is 1. The van der Waals surface area contributed by atoms with E-state index in [9.17, 15) is 20.1 Å². The van der Waals surface area contributed by atoms with E-state index < -0.39 is 5.97 Å². The molecule has 0 unspecified atom stereocenters. The van der Waals surface area contributed by atoms with Crippen molar-refractivity contribution in [3.05, 3.63) is 45.6 Å². The van der Waals surface area contributed by atoms with Crippen molar-refractivity contribution in [2.45, 2.75) is 53.9 Å². The summed E-state index contributed by atoms with van der Waals surface area (Å²) in [6.07, 6.45) is 6.34. The quantitative estimate of drug-likeness (QED) is 0.667. The summed E-state index contributed by atoms with van der Waals surface area (Å²) in [6.45, 7) is 9.30. The summed E-state index contributed by atoms with van der Waals surface area (Å²) in [5, 5.41) is 29.5. The minimum absolute atomic E-state index is 0.0434. The summed E-state index contributed by atoms with van der Waals surface area (Å²) in [7, 11) is 0. The van der Waals surface area contributed by atoms with E-state index in [2.05, 4.69) is 19.9 Å². The van der Waals surface area contributed by atoms with Crippen LogP contribution in [0.4, 0.5) is 0 Å². The Morgan fingerprint density at radius 2 is 1.61 bits per heavy atom. The molecule has 0 heterocycles. The Kier molecular flexibility index (Phi) is 6.43. The smallest absolute Gasteiger partial charge is 0.339 e. The first kappa shape index (κ1) is 18.8. The summed E-state index contributed by atoms with van der Waals surface area (Å²) < 4.78 is 0. The van der Waals surface area contributed by atoms with Crippen LogP contribution in [-0.4, -0.2) is 21.3 Å². The van der Waals surface area contributed by atoms with E-state index in [1.165, 1.54) is 12.5 Å². The van der Waals surface area contributed by atoms with Gasteiger partial charge in [-0.05, 0) is 65.0 Å². The van der Waals surface area contributed by atoms with Gasteiger partial charge < -0.3 is 15.3 Å². The van der Waals surface area contributed by atoms with Crippen LogP contribution < -0.4 is 0 Å². The van der Waals surface area contributed by atoms with Crippen molar-refractivity contribution >= 4 is 5.97 Å². The van der Waals surface area contributed by atoms with Gasteiger partial charge in [0.05, 0.1) is 0 Å². The molecule has 0 aliphatic rings. The molecule has 0 radical (unpaired) electrons. The van der Waals surface area contributed by atoms with Crippen LogP contribution in [0.2, 0.25) is 0 Å². The van der Waals surface area contributed by atoms with Crippen molar-refractivity contribution in [2.75, 3.05) is 0 Å². The van der Waals surface area contributed by atoms with E-state index >= 15 is 0 Å². The molecule has 23 heavy (non-hydrogen) atoms. The van der Waals surface area contributed by atoms with E-state index in [4.69, 9.17) is 0 Å². The van der Waals surface area contributed by atoms with Crippen molar-refractivity contribution in [1.29, 1.82) is 0 Å². The zero-order valence-electron chi connectivity index (χ0n) is 14.5. The maximum absolute atomic E-state index is 11.5. The highest BCUT2D eigenvalue weighted by Gasteiger charge is 2.22. The lowest BCUT2D eigenvalue weighted by molar-refractivity contribution is 0.0692. The van der Waals surface area contributed by atoms with Crippen molar-refractivity contribution in [2.24, 2.45) is 0 Å². The van der Waals surface area contributed by atoms with E-state index in [1.807, 2.05) is 13.0 Å². The predicted octanol–water partition coefficient (Wildman–Crippen LogP) is 4.65. The van der Waals surface area contributed by atoms with Gasteiger partial charge in [-0.15, -0.1) is 0 Å². The van der Waals surface area contributed by atoms with Crippen LogP contribution in [0.5, 0.6) is 11.5 Å². The third kappa shape index (κ3) is 4.62. The summed E-state index contributed by atoms with van der Waals surface area (Å²) >= 11 is 0. The number of carbonyl (C=O) groups is 1. The first-order chi connectivity index (χ1) is 10.7. The SMILES string of the molecule is CC(C)=CCCC(C)=CCc1c(C)c(O)c(C)c(O)c1C(=O)O. The van der Waals surface area contributed by atoms with Crippen LogP contribution in [0.15, 0.2) is 23.3 Å². The molecule has 0 saturated carbocycles. The van der Waals surface area contributed by atoms with E-state index in [0.29, 0.717) is 17.5 Å². The zero-order chi connectivity index (χ0) is 17.7. The van der Waals surface area contributed by atoms with Gasteiger partial charge in [0.2, 0.25) is 0 Å². The molecule has 0 aliphatic heterocycles. The number of benzene rings is 1. The van der Waals surface area contributed by atoms with Gasteiger partial charge in [0.15, 0.2) is 0 Å². The second-order valence-electron chi connectivity index (χ2n) is 6.18. The normalized spacial score (nSPS) is 11.4. The molecular formula is C19H26O4. The molecule has 3 N–H and O–H groups in total. The molecule has 0 aromatic heterocycles. The van der Waals surface area contributed by atoms with Gasteiger partial charge in [-0.1, -0.05) is 23.3 Å². The molecular weight excluding hydrogens is 292 g/mol. The molecule has 1 aromatic carbocycles. The van der Waals surface area contributed by atoms with Gasteiger partial charge >= 0.3 is 5.97 Å². The fraction of sp³-hybridized carbons (Fsp3) is 0.421. The number of allylic oxidation sites excluding steroid dienone is 4. The molecule has 1 aromatic rings. The Morgan fingerprint density at radius 3 is 2.13 bits per heavy atom. The van der Waals surface area contributed by atoms with Gasteiger partial charge in [-0.3, -0.25) is 0 Å². The van der Waals surface area contributed by atoms with Gasteiger partial charge in [-0.2, -0.15) is 0 Å². The number of hydrogen-bond acceptors (Lipinski definition) is 3. The Bertz CT molecular complexity index is 663. The zero-order valence-corrected chi connectivity index (χ0v) is 14.5. The molecule has 4 heteroatoms. The van der Waals surface area contributed by atoms with Gasteiger partial charge in [0.25, 0.3) is 0 Å². The summed E-state index contributed by atoms with van der Waals surface area (Å²) in [5.41, 5.74) is 3.47. The molecule has 4 nitrogen and oxygen atoms in total. The average molecular weight is 318 g/mol. The van der Waals surface area contributed by atoms with Crippen LogP contribution in [-0.2, 0) is 6.42 Å². The predicted molar refractivity (Wildman–Crippen MR) is 92.3 cm³/mol. The number of phenolic OH excluding ortho intramolecular Hbond substituents is 1. The number of phenols is 2. The lowest BCUT2D eigenvalue weighted by atomic mass is 9.93. The molecule has 0 bridgehead atoms. The number of aromatic hydroxyl groups is 2. The van der Waals surface area contributed by atoms with E-state index in [0.717, 1.165) is 18.4 Å². The Hall–Kier alpha value is -2.23. The molecule has 0 aliphatic carbocycles. The second-order valence-corrected chi connectivity index (χ2v) is 6.18. The highest BCUT2D eigenvalue weighted by molar-refractivity contribution is 5.94. The Balaban J connectivity index is 3.13. The number of carboxylic acids is 1. The Labute approximate surface area is 137 Å².